The van der Waals surface area contributed by atoms with Crippen LogP contribution in [0.5, 0.6) is 0 Å². The maximum atomic E-state index is 11.6. The van der Waals surface area contributed by atoms with Crippen molar-refractivity contribution in [1.82, 2.24) is 9.80 Å². The van der Waals surface area contributed by atoms with Gasteiger partial charge in [0.05, 0.1) is 19.0 Å². The van der Waals surface area contributed by atoms with E-state index in [1.54, 1.807) is 11.9 Å². The Morgan fingerprint density at radius 1 is 1.11 bits per heavy atom. The quantitative estimate of drug-likeness (QED) is 0.621. The number of hydrogen-bond donors (Lipinski definition) is 0. The predicted molar refractivity (Wildman–Crippen MR) is 65.7 cm³/mol. The molecule has 2 saturated heterocycles. The van der Waals surface area contributed by atoms with Crippen LogP contribution in [0.25, 0.3) is 0 Å². The number of rotatable bonds is 2. The van der Waals surface area contributed by atoms with Crippen molar-refractivity contribution in [3.05, 3.63) is 0 Å². The molecule has 0 aromatic heterocycles. The molecule has 0 radical (unpaired) electrons. The lowest BCUT2D eigenvalue weighted by Gasteiger charge is -2.29. The van der Waals surface area contributed by atoms with E-state index in [2.05, 4.69) is 4.90 Å². The van der Waals surface area contributed by atoms with Crippen LogP contribution in [0.3, 0.4) is 0 Å². The lowest BCUT2D eigenvalue weighted by molar-refractivity contribution is -0.146. The fourth-order valence-electron chi connectivity index (χ4n) is 2.37. The monoisotopic (exact) mass is 254 g/mol. The highest BCUT2D eigenvalue weighted by Gasteiger charge is 2.40. The largest absolute Gasteiger partial charge is 0.616 e. The summed E-state index contributed by atoms with van der Waals surface area (Å²) in [7, 11) is 0.907. The molecule has 0 bridgehead atoms. The first-order valence-corrected chi connectivity index (χ1v) is 6.38. The molecule has 6 nitrogen and oxygen atoms in total. The zero-order chi connectivity index (χ0) is 13.1. The molecule has 0 aromatic carbocycles. The fraction of sp³-hybridized carbons (Fsp3) is 0.818. The number of carbonyl (C=O) groups excluding carboxylic acids is 2. The van der Waals surface area contributed by atoms with E-state index in [-0.39, 0.29) is 31.0 Å². The molecule has 0 spiro atoms. The van der Waals surface area contributed by atoms with E-state index in [0.29, 0.717) is 0 Å². The summed E-state index contributed by atoms with van der Waals surface area (Å²) < 4.78 is 10.5. The average molecular weight is 254 g/mol. The first kappa shape index (κ1) is 13.4. The molecule has 2 heterocycles. The van der Waals surface area contributed by atoms with Gasteiger partial charge in [-0.3, -0.25) is 14.5 Å². The molecular formula is C11H19BN2O4. The lowest BCUT2D eigenvalue weighted by Crippen LogP contribution is -2.52. The van der Waals surface area contributed by atoms with Gasteiger partial charge in [0.1, 0.15) is 0 Å². The molecule has 0 aliphatic carbocycles. The summed E-state index contributed by atoms with van der Waals surface area (Å²) in [6.07, 6.45) is 2.28. The van der Waals surface area contributed by atoms with Crippen molar-refractivity contribution in [1.29, 1.82) is 0 Å². The van der Waals surface area contributed by atoms with E-state index >= 15 is 0 Å². The first-order valence-electron chi connectivity index (χ1n) is 6.38. The maximum Gasteiger partial charge on any atom is 0.616 e. The van der Waals surface area contributed by atoms with Gasteiger partial charge >= 0.3 is 19.1 Å². The van der Waals surface area contributed by atoms with Gasteiger partial charge in [-0.2, -0.15) is 0 Å². The normalized spacial score (nSPS) is 25.3. The van der Waals surface area contributed by atoms with Gasteiger partial charge in [0.2, 0.25) is 0 Å². The minimum atomic E-state index is -0.781. The first-order chi connectivity index (χ1) is 8.56. The van der Waals surface area contributed by atoms with Crippen molar-refractivity contribution in [2.45, 2.75) is 25.7 Å². The van der Waals surface area contributed by atoms with Crippen molar-refractivity contribution in [3.63, 3.8) is 0 Å². The molecule has 2 aliphatic heterocycles. The van der Waals surface area contributed by atoms with Crippen molar-refractivity contribution < 1.29 is 18.9 Å². The lowest BCUT2D eigenvalue weighted by atomic mass is 9.78. The van der Waals surface area contributed by atoms with Gasteiger partial charge in [-0.25, -0.2) is 0 Å². The van der Waals surface area contributed by atoms with E-state index in [1.165, 1.54) is 0 Å². The number of likely N-dealkylation sites (N-methyl/N-ethyl adjacent to an activating group) is 1. The highest BCUT2D eigenvalue weighted by Crippen LogP contribution is 2.15. The van der Waals surface area contributed by atoms with Crippen LogP contribution in [0.2, 0.25) is 0 Å². The van der Waals surface area contributed by atoms with Crippen LogP contribution in [0.1, 0.15) is 19.8 Å². The third-order valence-corrected chi connectivity index (χ3v) is 3.40. The second-order valence-electron chi connectivity index (χ2n) is 5.00. The topological polar surface area (TPSA) is 59.1 Å². The SMILES string of the molecule is CC(B1OC(=O)CN(C)CC(=O)O1)N1CCCC1. The van der Waals surface area contributed by atoms with Gasteiger partial charge in [-0.15, -0.1) is 0 Å². The number of carbonyl (C=O) groups is 2. The molecule has 2 rings (SSSR count). The van der Waals surface area contributed by atoms with Gasteiger partial charge in [-0.1, -0.05) is 0 Å². The number of nitrogens with zero attached hydrogens (tertiary/aromatic N) is 2. The zero-order valence-corrected chi connectivity index (χ0v) is 10.9. The Labute approximate surface area is 107 Å². The Morgan fingerprint density at radius 2 is 1.61 bits per heavy atom. The van der Waals surface area contributed by atoms with Gasteiger partial charge in [-0.05, 0) is 39.9 Å². The highest BCUT2D eigenvalue weighted by molar-refractivity contribution is 6.50. The van der Waals surface area contributed by atoms with Crippen LogP contribution < -0.4 is 0 Å². The smallest absolute Gasteiger partial charge is 0.497 e. The molecule has 1 atom stereocenters. The van der Waals surface area contributed by atoms with E-state index in [0.717, 1.165) is 25.9 Å². The minimum Gasteiger partial charge on any atom is -0.497 e. The van der Waals surface area contributed by atoms with E-state index in [4.69, 9.17) is 9.31 Å². The summed E-state index contributed by atoms with van der Waals surface area (Å²) in [5.41, 5.74) is 0. The minimum absolute atomic E-state index is 0.0798. The highest BCUT2D eigenvalue weighted by atomic mass is 16.6. The second kappa shape index (κ2) is 5.71. The fourth-order valence-corrected chi connectivity index (χ4v) is 2.37. The predicted octanol–water partition coefficient (Wildman–Crippen LogP) is -0.470. The molecule has 0 saturated carbocycles. The summed E-state index contributed by atoms with van der Waals surface area (Å²) in [6, 6.07) is 0. The van der Waals surface area contributed by atoms with Crippen molar-refractivity contribution in [2.75, 3.05) is 33.2 Å². The Bertz CT molecular complexity index is 313. The van der Waals surface area contributed by atoms with Crippen molar-refractivity contribution in [3.8, 4) is 0 Å². The second-order valence-corrected chi connectivity index (χ2v) is 5.00. The molecule has 100 valence electrons. The summed E-state index contributed by atoms with van der Waals surface area (Å²) in [6.45, 7) is 4.11. The summed E-state index contributed by atoms with van der Waals surface area (Å²) in [5, 5.41) is 0. The summed E-state index contributed by atoms with van der Waals surface area (Å²) in [5.74, 6) is -0.772. The van der Waals surface area contributed by atoms with Gasteiger partial charge < -0.3 is 14.2 Å². The number of likely N-dealkylation sites (tertiary alicyclic amines) is 1. The van der Waals surface area contributed by atoms with Gasteiger partial charge in [0.15, 0.2) is 0 Å². The van der Waals surface area contributed by atoms with Crippen molar-refractivity contribution >= 4 is 19.1 Å². The molecular weight excluding hydrogens is 235 g/mol. The van der Waals surface area contributed by atoms with E-state index in [1.807, 2.05) is 6.92 Å². The molecule has 2 fully saturated rings. The Balaban J connectivity index is 2.00. The van der Waals surface area contributed by atoms with Crippen LogP contribution in [-0.4, -0.2) is 68.0 Å². The van der Waals surface area contributed by atoms with Crippen LogP contribution in [0.15, 0.2) is 0 Å². The Morgan fingerprint density at radius 3 is 2.11 bits per heavy atom. The van der Waals surface area contributed by atoms with E-state index in [9.17, 15) is 9.59 Å². The molecule has 0 amide bonds. The van der Waals surface area contributed by atoms with Gasteiger partial charge in [0, 0.05) is 0 Å². The molecule has 0 N–H and O–H groups in total. The Kier molecular flexibility index (Phi) is 4.24. The third-order valence-electron chi connectivity index (χ3n) is 3.40. The molecule has 2 aliphatic rings. The van der Waals surface area contributed by atoms with Crippen LogP contribution in [0.4, 0.5) is 0 Å². The van der Waals surface area contributed by atoms with Crippen LogP contribution in [-0.2, 0) is 18.9 Å². The molecule has 1 unspecified atom stereocenters. The van der Waals surface area contributed by atoms with Gasteiger partial charge in [0.25, 0.3) is 0 Å². The average Bonchev–Trinajstić information content (AvgIpc) is 2.77. The van der Waals surface area contributed by atoms with Crippen LogP contribution >= 0.6 is 0 Å². The third kappa shape index (κ3) is 3.23. The standard InChI is InChI=1S/C11H19BN2O4/c1-9(14-5-3-4-6-14)12-17-10(15)7-13(2)8-11(16)18-12/h9H,3-8H2,1-2H3. The maximum absolute atomic E-state index is 11.6. The van der Waals surface area contributed by atoms with E-state index < -0.39 is 7.12 Å². The summed E-state index contributed by atoms with van der Waals surface area (Å²) >= 11 is 0. The number of hydrogen-bond acceptors (Lipinski definition) is 6. The molecule has 0 aromatic rings. The van der Waals surface area contributed by atoms with Crippen LogP contribution in [0, 0.1) is 0 Å². The summed E-state index contributed by atoms with van der Waals surface area (Å²) in [4.78, 5) is 27.0. The van der Waals surface area contributed by atoms with Crippen molar-refractivity contribution in [2.24, 2.45) is 0 Å². The molecule has 7 heteroatoms. The molecule has 18 heavy (non-hydrogen) atoms. The zero-order valence-electron chi connectivity index (χ0n) is 10.9. The Hall–Kier alpha value is -1.08.